The Morgan fingerprint density at radius 1 is 1.26 bits per heavy atom. The van der Waals surface area contributed by atoms with Crippen molar-refractivity contribution in [2.75, 3.05) is 6.54 Å². The first-order valence-electron chi connectivity index (χ1n) is 8.27. The molecule has 27 heavy (non-hydrogen) atoms. The SMILES string of the molecule is O=C(O)CCCCCN1C(=O)C(=CC=Cc2ccc([N+](=O)[O-])cc2)SC1=S. The molecule has 0 spiro atoms. The van der Waals surface area contributed by atoms with Gasteiger partial charge in [0.05, 0.1) is 9.83 Å². The summed E-state index contributed by atoms with van der Waals surface area (Å²) in [5, 5.41) is 19.2. The van der Waals surface area contributed by atoms with E-state index in [1.165, 1.54) is 28.8 Å². The number of non-ortho nitro benzene ring substituents is 1. The summed E-state index contributed by atoms with van der Waals surface area (Å²) in [6.07, 6.45) is 7.27. The molecule has 1 N–H and O–H groups in total. The van der Waals surface area contributed by atoms with Crippen LogP contribution in [0, 0.1) is 10.1 Å². The van der Waals surface area contributed by atoms with E-state index in [-0.39, 0.29) is 18.0 Å². The van der Waals surface area contributed by atoms with Crippen molar-refractivity contribution in [2.24, 2.45) is 0 Å². The van der Waals surface area contributed by atoms with Crippen molar-refractivity contribution < 1.29 is 19.6 Å². The average molecular weight is 406 g/mol. The summed E-state index contributed by atoms with van der Waals surface area (Å²) >= 11 is 6.47. The quantitative estimate of drug-likeness (QED) is 0.217. The standard InChI is InChI=1S/C18H18N2O5S2/c21-16(22)7-2-1-3-12-19-17(23)15(27-18(19)26)6-4-5-13-8-10-14(11-9-13)20(24)25/h4-6,8-11H,1-3,7,12H2,(H,21,22). The van der Waals surface area contributed by atoms with Crippen LogP contribution in [0.5, 0.6) is 0 Å². The highest BCUT2D eigenvalue weighted by Crippen LogP contribution is 2.31. The smallest absolute Gasteiger partial charge is 0.303 e. The largest absolute Gasteiger partial charge is 0.481 e. The number of hydrogen-bond donors (Lipinski definition) is 1. The molecular formula is C18H18N2O5S2. The molecule has 0 bridgehead atoms. The van der Waals surface area contributed by atoms with Gasteiger partial charge in [0.2, 0.25) is 0 Å². The maximum atomic E-state index is 12.4. The number of rotatable bonds is 9. The van der Waals surface area contributed by atoms with Gasteiger partial charge in [0.15, 0.2) is 0 Å². The lowest BCUT2D eigenvalue weighted by Crippen LogP contribution is -2.29. The predicted molar refractivity (Wildman–Crippen MR) is 108 cm³/mol. The van der Waals surface area contributed by atoms with Gasteiger partial charge >= 0.3 is 5.97 Å². The number of carbonyl (C=O) groups is 2. The molecule has 1 aromatic carbocycles. The lowest BCUT2D eigenvalue weighted by molar-refractivity contribution is -0.384. The predicted octanol–water partition coefficient (Wildman–Crippen LogP) is 4.00. The normalized spacial score (nSPS) is 15.9. The minimum absolute atomic E-state index is 0.0244. The summed E-state index contributed by atoms with van der Waals surface area (Å²) < 4.78 is 0.494. The van der Waals surface area contributed by atoms with E-state index in [0.29, 0.717) is 28.6 Å². The number of nitrogens with zero attached hydrogens (tertiary/aromatic N) is 2. The van der Waals surface area contributed by atoms with Gasteiger partial charge in [-0.25, -0.2) is 0 Å². The molecule has 1 aliphatic rings. The van der Waals surface area contributed by atoms with Gasteiger partial charge in [-0.05, 0) is 36.6 Å². The number of thiocarbonyl (C=S) groups is 1. The molecule has 2 rings (SSSR count). The second-order valence-corrected chi connectivity index (χ2v) is 7.44. The van der Waals surface area contributed by atoms with Crippen molar-refractivity contribution in [3.63, 3.8) is 0 Å². The second kappa shape index (κ2) is 9.98. The van der Waals surface area contributed by atoms with E-state index in [1.807, 2.05) is 0 Å². The summed E-state index contributed by atoms with van der Waals surface area (Å²) in [6, 6.07) is 6.10. The first kappa shape index (κ1) is 20.8. The van der Waals surface area contributed by atoms with Crippen molar-refractivity contribution >= 4 is 51.9 Å². The lowest BCUT2D eigenvalue weighted by atomic mass is 10.2. The van der Waals surface area contributed by atoms with Gasteiger partial charge in [0.1, 0.15) is 4.32 Å². The number of benzene rings is 1. The third-order valence-corrected chi connectivity index (χ3v) is 5.18. The number of aliphatic carboxylic acids is 1. The van der Waals surface area contributed by atoms with Gasteiger partial charge in [-0.15, -0.1) is 0 Å². The molecule has 1 fully saturated rings. The molecule has 1 amide bonds. The highest BCUT2D eigenvalue weighted by molar-refractivity contribution is 8.26. The van der Waals surface area contributed by atoms with Crippen LogP contribution in [0.4, 0.5) is 5.69 Å². The Bertz CT molecular complexity index is 802. The zero-order valence-electron chi connectivity index (χ0n) is 14.4. The zero-order valence-corrected chi connectivity index (χ0v) is 16.0. The summed E-state index contributed by atoms with van der Waals surface area (Å²) in [5.41, 5.74) is 0.808. The molecule has 1 saturated heterocycles. The second-order valence-electron chi connectivity index (χ2n) is 5.77. The molecule has 7 nitrogen and oxygen atoms in total. The van der Waals surface area contributed by atoms with Crippen molar-refractivity contribution in [1.82, 2.24) is 4.90 Å². The monoisotopic (exact) mass is 406 g/mol. The molecule has 9 heteroatoms. The van der Waals surface area contributed by atoms with Crippen LogP contribution >= 0.6 is 24.0 Å². The number of nitro benzene ring substituents is 1. The van der Waals surface area contributed by atoms with Gasteiger partial charge in [0.25, 0.3) is 11.6 Å². The van der Waals surface area contributed by atoms with Crippen LogP contribution in [0.15, 0.2) is 41.3 Å². The Labute approximate surface area is 165 Å². The van der Waals surface area contributed by atoms with Crippen LogP contribution in [0.2, 0.25) is 0 Å². The van der Waals surface area contributed by atoms with Crippen LogP contribution in [0.3, 0.4) is 0 Å². The van der Waals surface area contributed by atoms with E-state index in [2.05, 4.69) is 0 Å². The Hall–Kier alpha value is -2.52. The fourth-order valence-corrected chi connectivity index (χ4v) is 3.64. The minimum atomic E-state index is -0.816. The molecular weight excluding hydrogens is 388 g/mol. The van der Waals surface area contributed by atoms with Gasteiger partial charge in [-0.2, -0.15) is 0 Å². The number of unbranched alkanes of at least 4 members (excludes halogenated alkanes) is 2. The highest BCUT2D eigenvalue weighted by Gasteiger charge is 2.30. The molecule has 0 atom stereocenters. The lowest BCUT2D eigenvalue weighted by Gasteiger charge is -2.13. The number of carbonyl (C=O) groups excluding carboxylic acids is 1. The molecule has 1 heterocycles. The number of nitro groups is 1. The molecule has 142 valence electrons. The van der Waals surface area contributed by atoms with Crippen LogP contribution in [0.25, 0.3) is 6.08 Å². The number of allylic oxidation sites excluding steroid dienone is 2. The molecule has 1 aliphatic heterocycles. The summed E-state index contributed by atoms with van der Waals surface area (Å²) in [4.78, 5) is 35.1. The van der Waals surface area contributed by atoms with Crippen LogP contribution in [-0.2, 0) is 9.59 Å². The first-order chi connectivity index (χ1) is 12.9. The van der Waals surface area contributed by atoms with Crippen LogP contribution < -0.4 is 0 Å². The molecule has 0 unspecified atom stereocenters. The van der Waals surface area contributed by atoms with E-state index in [4.69, 9.17) is 17.3 Å². The van der Waals surface area contributed by atoms with E-state index < -0.39 is 10.9 Å². The van der Waals surface area contributed by atoms with E-state index >= 15 is 0 Å². The topological polar surface area (TPSA) is 101 Å². The number of amides is 1. The number of carboxylic acid groups (broad SMARTS) is 1. The zero-order chi connectivity index (χ0) is 19.8. The summed E-state index contributed by atoms with van der Waals surface area (Å²) in [5.74, 6) is -0.972. The van der Waals surface area contributed by atoms with Crippen LogP contribution in [0.1, 0.15) is 31.2 Å². The highest BCUT2D eigenvalue weighted by atomic mass is 32.2. The number of thioether (sulfide) groups is 1. The van der Waals surface area contributed by atoms with Crippen molar-refractivity contribution in [2.45, 2.75) is 25.7 Å². The fraction of sp³-hybridized carbons (Fsp3) is 0.278. The molecule has 1 aromatic rings. The minimum Gasteiger partial charge on any atom is -0.481 e. The van der Waals surface area contributed by atoms with Crippen molar-refractivity contribution in [3.8, 4) is 0 Å². The average Bonchev–Trinajstić information content (AvgIpc) is 2.89. The van der Waals surface area contributed by atoms with Gasteiger partial charge in [-0.3, -0.25) is 24.6 Å². The third-order valence-electron chi connectivity index (χ3n) is 3.79. The third kappa shape index (κ3) is 6.30. The molecule has 0 radical (unpaired) electrons. The van der Waals surface area contributed by atoms with Crippen molar-refractivity contribution in [1.29, 1.82) is 0 Å². The molecule has 0 aromatic heterocycles. The van der Waals surface area contributed by atoms with Gasteiger partial charge < -0.3 is 5.11 Å². The van der Waals surface area contributed by atoms with E-state index in [1.54, 1.807) is 30.4 Å². The Morgan fingerprint density at radius 3 is 2.59 bits per heavy atom. The number of hydrogen-bond acceptors (Lipinski definition) is 6. The van der Waals surface area contributed by atoms with E-state index in [9.17, 15) is 19.7 Å². The summed E-state index contributed by atoms with van der Waals surface area (Å²) in [6.45, 7) is 0.480. The number of carboxylic acids is 1. The summed E-state index contributed by atoms with van der Waals surface area (Å²) in [7, 11) is 0. The van der Waals surface area contributed by atoms with E-state index in [0.717, 1.165) is 12.0 Å². The molecule has 0 saturated carbocycles. The Kier molecular flexibility index (Phi) is 7.68. The van der Waals surface area contributed by atoms with Gasteiger partial charge in [-0.1, -0.05) is 42.6 Å². The maximum absolute atomic E-state index is 12.4. The Morgan fingerprint density at radius 2 is 1.96 bits per heavy atom. The van der Waals surface area contributed by atoms with Gasteiger partial charge in [0, 0.05) is 25.1 Å². The first-order valence-corrected chi connectivity index (χ1v) is 9.49. The molecule has 0 aliphatic carbocycles. The Balaban J connectivity index is 1.89. The van der Waals surface area contributed by atoms with Crippen LogP contribution in [-0.4, -0.2) is 37.7 Å². The maximum Gasteiger partial charge on any atom is 0.303 e. The fourth-order valence-electron chi connectivity index (χ4n) is 2.38. The van der Waals surface area contributed by atoms with Crippen molar-refractivity contribution in [3.05, 3.63) is 57.0 Å².